The Balaban J connectivity index is 1.38. The fourth-order valence-corrected chi connectivity index (χ4v) is 4.29. The van der Waals surface area contributed by atoms with Crippen molar-refractivity contribution in [1.29, 1.82) is 0 Å². The lowest BCUT2D eigenvalue weighted by Crippen LogP contribution is -2.16. The third-order valence-corrected chi connectivity index (χ3v) is 5.97. The number of fused-ring (bicyclic) bond motifs is 1. The van der Waals surface area contributed by atoms with Crippen LogP contribution in [0.1, 0.15) is 37.3 Å². The van der Waals surface area contributed by atoms with E-state index in [-0.39, 0.29) is 5.82 Å². The number of aromatic nitrogens is 5. The molecule has 0 spiro atoms. The van der Waals surface area contributed by atoms with Crippen LogP contribution < -0.4 is 16.4 Å². The second-order valence-electron chi connectivity index (χ2n) is 8.29. The van der Waals surface area contributed by atoms with Crippen molar-refractivity contribution in [2.75, 3.05) is 23.7 Å². The molecule has 0 bridgehead atoms. The summed E-state index contributed by atoms with van der Waals surface area (Å²) in [4.78, 5) is 18.5. The fraction of sp³-hybridized carbons (Fsp3) is 0.333. The molecular formula is C24H27FN8. The van der Waals surface area contributed by atoms with E-state index in [0.29, 0.717) is 37.4 Å². The zero-order valence-corrected chi connectivity index (χ0v) is 18.3. The van der Waals surface area contributed by atoms with Crippen LogP contribution in [0.15, 0.2) is 48.9 Å². The predicted octanol–water partition coefficient (Wildman–Crippen LogP) is 4.13. The van der Waals surface area contributed by atoms with E-state index in [2.05, 4.69) is 30.2 Å². The van der Waals surface area contributed by atoms with Crippen LogP contribution in [-0.2, 0) is 6.54 Å². The number of hydrogen-bond donors (Lipinski definition) is 3. The maximum Gasteiger partial charge on any atom is 0.226 e. The quantitative estimate of drug-likeness (QED) is 0.374. The summed E-state index contributed by atoms with van der Waals surface area (Å²) < 4.78 is 15.7. The molecule has 1 fully saturated rings. The second-order valence-corrected chi connectivity index (χ2v) is 8.29. The van der Waals surface area contributed by atoms with Crippen molar-refractivity contribution < 1.29 is 4.39 Å². The number of benzene rings is 1. The summed E-state index contributed by atoms with van der Waals surface area (Å²) in [6.07, 6.45) is 8.42. The van der Waals surface area contributed by atoms with Gasteiger partial charge in [0.05, 0.1) is 12.0 Å². The minimum absolute atomic E-state index is 0.274. The van der Waals surface area contributed by atoms with E-state index in [9.17, 15) is 4.39 Å². The Morgan fingerprint density at radius 2 is 1.94 bits per heavy atom. The summed E-state index contributed by atoms with van der Waals surface area (Å²) in [6, 6.07) is 10.7. The van der Waals surface area contributed by atoms with E-state index in [1.807, 2.05) is 24.5 Å². The Morgan fingerprint density at radius 1 is 1.06 bits per heavy atom. The highest BCUT2D eigenvalue weighted by molar-refractivity contribution is 5.84. The van der Waals surface area contributed by atoms with Crippen molar-refractivity contribution in [3.63, 3.8) is 0 Å². The first-order valence-corrected chi connectivity index (χ1v) is 11.3. The van der Waals surface area contributed by atoms with Gasteiger partial charge in [0, 0.05) is 37.4 Å². The van der Waals surface area contributed by atoms with Crippen molar-refractivity contribution in [3.05, 3.63) is 60.3 Å². The number of rotatable bonds is 8. The zero-order valence-electron chi connectivity index (χ0n) is 18.3. The van der Waals surface area contributed by atoms with Crippen molar-refractivity contribution in [2.45, 2.75) is 38.3 Å². The van der Waals surface area contributed by atoms with Crippen LogP contribution in [0.5, 0.6) is 0 Å². The Morgan fingerprint density at radius 3 is 2.70 bits per heavy atom. The Bertz CT molecular complexity index is 1230. The molecule has 0 amide bonds. The third-order valence-electron chi connectivity index (χ3n) is 5.97. The topological polar surface area (TPSA) is 107 Å². The maximum atomic E-state index is 13.5. The summed E-state index contributed by atoms with van der Waals surface area (Å²) in [5, 5.41) is 6.59. The summed E-state index contributed by atoms with van der Waals surface area (Å²) >= 11 is 0. The first kappa shape index (κ1) is 21.3. The smallest absolute Gasteiger partial charge is 0.226 e. The lowest BCUT2D eigenvalue weighted by Gasteiger charge is -2.14. The van der Waals surface area contributed by atoms with Crippen molar-refractivity contribution >= 4 is 22.9 Å². The van der Waals surface area contributed by atoms with Crippen LogP contribution in [0.25, 0.3) is 22.4 Å². The van der Waals surface area contributed by atoms with Crippen molar-refractivity contribution in [1.82, 2.24) is 24.5 Å². The average Bonchev–Trinajstić information content (AvgIpc) is 3.51. The Kier molecular flexibility index (Phi) is 6.12. The molecule has 9 heteroatoms. The second kappa shape index (κ2) is 9.50. The molecule has 1 aromatic carbocycles. The Hall–Kier alpha value is -3.59. The van der Waals surface area contributed by atoms with Gasteiger partial charge in [-0.25, -0.2) is 9.37 Å². The number of nitrogens with one attached hydrogen (secondary N) is 2. The number of anilines is 2. The van der Waals surface area contributed by atoms with E-state index in [1.165, 1.54) is 25.0 Å². The molecule has 5 rings (SSSR count). The highest BCUT2D eigenvalue weighted by Gasteiger charge is 2.21. The highest BCUT2D eigenvalue weighted by Crippen LogP contribution is 2.33. The SMILES string of the molecule is NCCNc1nc(NCc2ccc(-c3cccc(F)c3)nc2)c2ncn(C3CCCC3)c2n1. The molecule has 4 N–H and O–H groups in total. The number of pyridine rings is 1. The van der Waals surface area contributed by atoms with Gasteiger partial charge >= 0.3 is 0 Å². The molecule has 1 saturated carbocycles. The van der Waals surface area contributed by atoms with Gasteiger partial charge in [0.2, 0.25) is 5.95 Å². The minimum atomic E-state index is -0.274. The van der Waals surface area contributed by atoms with Crippen LogP contribution in [0.3, 0.4) is 0 Å². The molecule has 0 unspecified atom stereocenters. The van der Waals surface area contributed by atoms with E-state index in [1.54, 1.807) is 12.3 Å². The van der Waals surface area contributed by atoms with E-state index in [4.69, 9.17) is 10.7 Å². The minimum Gasteiger partial charge on any atom is -0.364 e. The molecule has 0 radical (unpaired) electrons. The molecule has 3 aromatic heterocycles. The van der Waals surface area contributed by atoms with Gasteiger partial charge in [0.1, 0.15) is 5.82 Å². The van der Waals surface area contributed by atoms with Gasteiger partial charge in [-0.2, -0.15) is 9.97 Å². The van der Waals surface area contributed by atoms with Crippen molar-refractivity contribution in [3.8, 4) is 11.3 Å². The molecule has 1 aliphatic carbocycles. The molecule has 170 valence electrons. The molecule has 8 nitrogen and oxygen atoms in total. The van der Waals surface area contributed by atoms with Crippen LogP contribution >= 0.6 is 0 Å². The summed E-state index contributed by atoms with van der Waals surface area (Å²) in [5.74, 6) is 0.934. The highest BCUT2D eigenvalue weighted by atomic mass is 19.1. The number of nitrogens with zero attached hydrogens (tertiary/aromatic N) is 5. The van der Waals surface area contributed by atoms with Crippen LogP contribution in [-0.4, -0.2) is 37.6 Å². The zero-order chi connectivity index (χ0) is 22.6. The standard InChI is InChI=1S/C24H27FN8/c25-18-5-3-4-17(12-18)20-9-8-16(13-28-20)14-29-22-21-23(32-24(31-22)27-11-10-26)33(15-30-21)19-6-1-2-7-19/h3-5,8-9,12-13,15,19H,1-2,6-7,10-11,14,26H2,(H2,27,29,31,32). The maximum absolute atomic E-state index is 13.5. The summed E-state index contributed by atoms with van der Waals surface area (Å²) in [6.45, 7) is 1.61. The molecular weight excluding hydrogens is 419 g/mol. The number of nitrogens with two attached hydrogens (primary N) is 1. The average molecular weight is 447 g/mol. The molecule has 1 aliphatic rings. The van der Waals surface area contributed by atoms with Gasteiger partial charge in [-0.1, -0.05) is 31.0 Å². The molecule has 3 heterocycles. The van der Waals surface area contributed by atoms with Gasteiger partial charge in [-0.3, -0.25) is 4.98 Å². The Labute approximate surface area is 191 Å². The van der Waals surface area contributed by atoms with E-state index >= 15 is 0 Å². The largest absolute Gasteiger partial charge is 0.364 e. The van der Waals surface area contributed by atoms with Crippen molar-refractivity contribution in [2.24, 2.45) is 5.73 Å². The molecule has 33 heavy (non-hydrogen) atoms. The number of imidazole rings is 1. The van der Waals surface area contributed by atoms with Gasteiger partial charge < -0.3 is 20.9 Å². The number of halogens is 1. The molecule has 0 saturated heterocycles. The summed E-state index contributed by atoms with van der Waals surface area (Å²) in [5.41, 5.74) is 9.70. The third kappa shape index (κ3) is 4.63. The molecule has 4 aromatic rings. The first-order chi connectivity index (χ1) is 16.2. The van der Waals surface area contributed by atoms with E-state index < -0.39 is 0 Å². The van der Waals surface area contributed by atoms with E-state index in [0.717, 1.165) is 40.8 Å². The number of hydrogen-bond acceptors (Lipinski definition) is 7. The van der Waals surface area contributed by atoms with Crippen LogP contribution in [0.4, 0.5) is 16.2 Å². The molecule has 0 atom stereocenters. The van der Waals surface area contributed by atoms with Crippen LogP contribution in [0.2, 0.25) is 0 Å². The van der Waals surface area contributed by atoms with Crippen LogP contribution in [0, 0.1) is 5.82 Å². The first-order valence-electron chi connectivity index (χ1n) is 11.3. The predicted molar refractivity (Wildman–Crippen MR) is 127 cm³/mol. The molecule has 0 aliphatic heterocycles. The monoisotopic (exact) mass is 446 g/mol. The van der Waals surface area contributed by atoms with Gasteiger partial charge in [0.15, 0.2) is 17.0 Å². The van der Waals surface area contributed by atoms with Gasteiger partial charge in [-0.15, -0.1) is 0 Å². The normalized spacial score (nSPS) is 14.1. The van der Waals surface area contributed by atoms with Gasteiger partial charge in [0.25, 0.3) is 0 Å². The summed E-state index contributed by atoms with van der Waals surface area (Å²) in [7, 11) is 0. The lowest BCUT2D eigenvalue weighted by atomic mass is 10.1. The lowest BCUT2D eigenvalue weighted by molar-refractivity contribution is 0.529. The van der Waals surface area contributed by atoms with Gasteiger partial charge in [-0.05, 0) is 36.6 Å². The fourth-order valence-electron chi connectivity index (χ4n) is 4.29.